The predicted octanol–water partition coefficient (Wildman–Crippen LogP) is 4.82. The quantitative estimate of drug-likeness (QED) is 0.487. The minimum absolute atomic E-state index is 0.108. The molecule has 0 bridgehead atoms. The molecule has 8 nitrogen and oxygen atoms in total. The average molecular weight is 536 g/mol. The molecule has 0 unspecified atom stereocenters. The number of anilines is 1. The second-order valence-corrected chi connectivity index (χ2v) is 12.5. The molecule has 1 aromatic carbocycles. The number of hydrogen-bond donors (Lipinski definition) is 1. The van der Waals surface area contributed by atoms with E-state index < -0.39 is 5.54 Å². The highest BCUT2D eigenvalue weighted by Gasteiger charge is 2.42. The second-order valence-electron chi connectivity index (χ2n) is 11.4. The van der Waals surface area contributed by atoms with Gasteiger partial charge >= 0.3 is 0 Å². The molecule has 0 radical (unpaired) electrons. The van der Waals surface area contributed by atoms with E-state index in [-0.39, 0.29) is 34.8 Å². The highest BCUT2D eigenvalue weighted by Crippen LogP contribution is 2.50. The lowest BCUT2D eigenvalue weighted by molar-refractivity contribution is -0.123. The van der Waals surface area contributed by atoms with Crippen molar-refractivity contribution < 1.29 is 14.3 Å². The second kappa shape index (κ2) is 10.8. The van der Waals surface area contributed by atoms with Crippen molar-refractivity contribution in [1.82, 2.24) is 20.1 Å². The first-order valence-electron chi connectivity index (χ1n) is 12.8. The maximum Gasteiger partial charge on any atom is 0.240 e. The van der Waals surface area contributed by atoms with E-state index >= 15 is 0 Å². The van der Waals surface area contributed by atoms with Crippen molar-refractivity contribution in [2.45, 2.75) is 64.3 Å². The Bertz CT molecular complexity index is 1310. The number of aromatic nitrogens is 3. The summed E-state index contributed by atoms with van der Waals surface area (Å²) >= 11 is 1.55. The van der Waals surface area contributed by atoms with Gasteiger partial charge in [0.15, 0.2) is 0 Å². The Morgan fingerprint density at radius 2 is 1.82 bits per heavy atom. The molecular weight excluding hydrogens is 498 g/mol. The van der Waals surface area contributed by atoms with Crippen LogP contribution in [-0.2, 0) is 27.1 Å². The first kappa shape index (κ1) is 27.7. The lowest BCUT2D eigenvalue weighted by Crippen LogP contribution is -2.43. The molecule has 3 heterocycles. The fraction of sp³-hybridized carbons (Fsp3) is 0.448. The smallest absolute Gasteiger partial charge is 0.240 e. The number of fused-ring (bicyclic) bond motifs is 1. The average Bonchev–Trinajstić information content (AvgIpc) is 3.23. The summed E-state index contributed by atoms with van der Waals surface area (Å²) in [7, 11) is 1.66. The van der Waals surface area contributed by atoms with Gasteiger partial charge in [-0.15, -0.1) is 11.8 Å². The monoisotopic (exact) mass is 535 g/mol. The summed E-state index contributed by atoms with van der Waals surface area (Å²) in [5.41, 5.74) is 2.85. The van der Waals surface area contributed by atoms with Crippen LogP contribution in [0.1, 0.15) is 69.3 Å². The Morgan fingerprint density at radius 1 is 1.11 bits per heavy atom. The van der Waals surface area contributed by atoms with Crippen LogP contribution in [0.5, 0.6) is 5.75 Å². The highest BCUT2D eigenvalue weighted by atomic mass is 32.2. The molecule has 2 aromatic heterocycles. The third-order valence-electron chi connectivity index (χ3n) is 6.35. The molecule has 1 aliphatic rings. The number of benzene rings is 1. The van der Waals surface area contributed by atoms with E-state index in [0.29, 0.717) is 12.4 Å². The van der Waals surface area contributed by atoms with E-state index in [1.807, 2.05) is 47.1 Å². The van der Waals surface area contributed by atoms with Crippen molar-refractivity contribution in [3.63, 3.8) is 0 Å². The maximum absolute atomic E-state index is 13.7. The zero-order valence-electron chi connectivity index (χ0n) is 23.2. The van der Waals surface area contributed by atoms with Gasteiger partial charge in [-0.1, -0.05) is 45.0 Å². The van der Waals surface area contributed by atoms with Crippen LogP contribution in [0.2, 0.25) is 0 Å². The zero-order valence-corrected chi connectivity index (χ0v) is 24.1. The topological polar surface area (TPSA) is 89.3 Å². The lowest BCUT2D eigenvalue weighted by atomic mass is 9.87. The maximum atomic E-state index is 13.7. The summed E-state index contributed by atoms with van der Waals surface area (Å²) in [5.74, 6) is 1.26. The molecule has 3 aromatic rings. The van der Waals surface area contributed by atoms with Crippen LogP contribution in [0.3, 0.4) is 0 Å². The third-order valence-corrected chi connectivity index (χ3v) is 7.59. The van der Waals surface area contributed by atoms with E-state index in [2.05, 4.69) is 51.8 Å². The number of pyridine rings is 1. The number of rotatable bonds is 6. The number of hydrogen-bond acceptors (Lipinski definition) is 6. The number of thioether (sulfide) groups is 1. The van der Waals surface area contributed by atoms with Crippen LogP contribution in [0.4, 0.5) is 5.82 Å². The van der Waals surface area contributed by atoms with Crippen LogP contribution in [0.15, 0.2) is 48.7 Å². The van der Waals surface area contributed by atoms with Crippen LogP contribution in [-0.4, -0.2) is 46.0 Å². The summed E-state index contributed by atoms with van der Waals surface area (Å²) < 4.78 is 7.65. The lowest BCUT2D eigenvalue weighted by Gasteiger charge is -2.29. The standard InChI is InChI=1S/C29H37N5O3S/c1-28(2,3)26-24-25(20-13-8-9-14-21(20)37-7)38-18-23(36)33(27(24)34(32-26)29(4,5)6)17-22(35)31-16-19-12-10-11-15-30-19/h8-15,25H,16-18H2,1-7H3,(H,31,35)/t25-/m1/s1. The molecule has 0 aliphatic carbocycles. The summed E-state index contributed by atoms with van der Waals surface area (Å²) in [4.78, 5) is 32.8. The first-order chi connectivity index (χ1) is 17.9. The normalized spacial score (nSPS) is 16.1. The van der Waals surface area contributed by atoms with Gasteiger partial charge in [-0.3, -0.25) is 19.5 Å². The fourth-order valence-electron chi connectivity index (χ4n) is 4.56. The summed E-state index contributed by atoms with van der Waals surface area (Å²) in [6.45, 7) is 12.8. The van der Waals surface area contributed by atoms with Crippen molar-refractivity contribution in [3.8, 4) is 5.75 Å². The molecule has 0 spiro atoms. The van der Waals surface area contributed by atoms with Crippen molar-refractivity contribution in [2.75, 3.05) is 24.3 Å². The van der Waals surface area contributed by atoms with Gasteiger partial charge in [-0.25, -0.2) is 4.68 Å². The molecule has 1 atom stereocenters. The van der Waals surface area contributed by atoms with Gasteiger partial charge in [0.2, 0.25) is 11.8 Å². The Morgan fingerprint density at radius 3 is 2.45 bits per heavy atom. The van der Waals surface area contributed by atoms with Crippen molar-refractivity contribution in [1.29, 1.82) is 0 Å². The molecule has 4 rings (SSSR count). The van der Waals surface area contributed by atoms with Crippen LogP contribution in [0.25, 0.3) is 0 Å². The van der Waals surface area contributed by atoms with Gasteiger partial charge in [0, 0.05) is 22.7 Å². The number of methoxy groups -OCH3 is 1. The van der Waals surface area contributed by atoms with Crippen molar-refractivity contribution in [3.05, 3.63) is 71.2 Å². The number of para-hydroxylation sites is 1. The Balaban J connectivity index is 1.85. The number of ether oxygens (including phenoxy) is 1. The van der Waals surface area contributed by atoms with E-state index in [1.54, 1.807) is 30.0 Å². The molecule has 1 N–H and O–H groups in total. The van der Waals surface area contributed by atoms with Gasteiger partial charge < -0.3 is 10.1 Å². The number of carbonyl (C=O) groups excluding carboxylic acids is 2. The van der Waals surface area contributed by atoms with Crippen LogP contribution >= 0.6 is 11.8 Å². The number of carbonyl (C=O) groups is 2. The summed E-state index contributed by atoms with van der Waals surface area (Å²) in [6.07, 6.45) is 1.69. The highest BCUT2D eigenvalue weighted by molar-refractivity contribution is 8.00. The molecule has 38 heavy (non-hydrogen) atoms. The van der Waals surface area contributed by atoms with Crippen LogP contribution in [0, 0.1) is 0 Å². The van der Waals surface area contributed by atoms with Gasteiger partial charge in [-0.05, 0) is 39.0 Å². The first-order valence-corrected chi connectivity index (χ1v) is 13.8. The van der Waals surface area contributed by atoms with E-state index in [0.717, 1.165) is 28.3 Å². The minimum atomic E-state index is -0.434. The zero-order chi connectivity index (χ0) is 27.7. The molecule has 1 aliphatic heterocycles. The largest absolute Gasteiger partial charge is 0.496 e. The SMILES string of the molecule is COc1ccccc1[C@H]1SCC(=O)N(CC(=O)NCc2ccccn2)c2c1c(C(C)(C)C)nn2C(C)(C)C. The van der Waals surface area contributed by atoms with Gasteiger partial charge in [0.1, 0.15) is 18.1 Å². The molecule has 0 fully saturated rings. The minimum Gasteiger partial charge on any atom is -0.496 e. The van der Waals surface area contributed by atoms with E-state index in [1.165, 1.54) is 0 Å². The summed E-state index contributed by atoms with van der Waals surface area (Å²) in [6, 6.07) is 13.5. The van der Waals surface area contributed by atoms with E-state index in [4.69, 9.17) is 9.84 Å². The molecule has 9 heteroatoms. The molecule has 202 valence electrons. The Labute approximate surface area is 229 Å². The summed E-state index contributed by atoms with van der Waals surface area (Å²) in [5, 5.41) is 7.85. The Hall–Kier alpha value is -3.33. The molecule has 2 amide bonds. The van der Waals surface area contributed by atoms with Crippen molar-refractivity contribution in [2.24, 2.45) is 0 Å². The van der Waals surface area contributed by atoms with E-state index in [9.17, 15) is 9.59 Å². The third kappa shape index (κ3) is 5.72. The van der Waals surface area contributed by atoms with Gasteiger partial charge in [-0.2, -0.15) is 5.10 Å². The number of nitrogens with zero attached hydrogens (tertiary/aromatic N) is 4. The predicted molar refractivity (Wildman–Crippen MR) is 152 cm³/mol. The fourth-order valence-corrected chi connectivity index (χ4v) is 5.78. The van der Waals surface area contributed by atoms with Crippen LogP contribution < -0.4 is 15.0 Å². The number of amides is 2. The van der Waals surface area contributed by atoms with Gasteiger partial charge in [0.05, 0.1) is 41.6 Å². The van der Waals surface area contributed by atoms with Gasteiger partial charge in [0.25, 0.3) is 0 Å². The number of nitrogens with one attached hydrogen (secondary N) is 1. The Kier molecular flexibility index (Phi) is 7.88. The van der Waals surface area contributed by atoms with Crippen molar-refractivity contribution >= 4 is 29.4 Å². The molecular formula is C29H37N5O3S. The molecule has 0 saturated heterocycles. The molecule has 0 saturated carbocycles.